The maximum Gasteiger partial charge on any atom is 0.323 e. The Kier molecular flexibility index (Phi) is 5.17. The number of hydrogen-bond acceptors (Lipinski definition) is 5. The van der Waals surface area contributed by atoms with Gasteiger partial charge in [0.2, 0.25) is 5.13 Å². The fourth-order valence-corrected chi connectivity index (χ4v) is 3.72. The summed E-state index contributed by atoms with van der Waals surface area (Å²) < 4.78 is 0. The van der Waals surface area contributed by atoms with Crippen LogP contribution < -0.4 is 5.32 Å². The molecule has 0 bridgehead atoms. The van der Waals surface area contributed by atoms with Gasteiger partial charge >= 0.3 is 6.03 Å². The number of pyridine rings is 1. The molecule has 0 aliphatic heterocycles. The summed E-state index contributed by atoms with van der Waals surface area (Å²) in [5.41, 5.74) is 1.04. The molecule has 2 aromatic heterocycles. The van der Waals surface area contributed by atoms with Crippen molar-refractivity contribution >= 4 is 22.5 Å². The van der Waals surface area contributed by atoms with Crippen molar-refractivity contribution in [2.75, 3.05) is 12.4 Å². The van der Waals surface area contributed by atoms with E-state index in [2.05, 4.69) is 20.5 Å². The highest BCUT2D eigenvalue weighted by atomic mass is 32.1. The minimum absolute atomic E-state index is 0.173. The van der Waals surface area contributed by atoms with Crippen molar-refractivity contribution in [3.05, 3.63) is 35.1 Å². The van der Waals surface area contributed by atoms with Gasteiger partial charge in [-0.25, -0.2) is 4.79 Å². The summed E-state index contributed by atoms with van der Waals surface area (Å²) in [6.07, 6.45) is 9.67. The number of hydrogen-bond donors (Lipinski definition) is 1. The molecule has 0 atom stereocenters. The summed E-state index contributed by atoms with van der Waals surface area (Å²) in [7, 11) is 1.76. The zero-order chi connectivity index (χ0) is 16.1. The van der Waals surface area contributed by atoms with Gasteiger partial charge in [0, 0.05) is 31.9 Å². The van der Waals surface area contributed by atoms with E-state index in [1.807, 2.05) is 12.1 Å². The van der Waals surface area contributed by atoms with Gasteiger partial charge in [-0.3, -0.25) is 10.3 Å². The molecule has 0 unspecified atom stereocenters. The molecule has 0 spiro atoms. The lowest BCUT2D eigenvalue weighted by Gasteiger charge is -2.18. The van der Waals surface area contributed by atoms with Crippen LogP contribution >= 0.6 is 11.3 Å². The highest BCUT2D eigenvalue weighted by Crippen LogP contribution is 2.35. The first-order chi connectivity index (χ1) is 11.2. The Morgan fingerprint density at radius 3 is 2.74 bits per heavy atom. The smallest absolute Gasteiger partial charge is 0.323 e. The molecule has 0 saturated heterocycles. The molecule has 7 heteroatoms. The van der Waals surface area contributed by atoms with E-state index in [-0.39, 0.29) is 6.03 Å². The van der Waals surface area contributed by atoms with E-state index in [4.69, 9.17) is 0 Å². The topological polar surface area (TPSA) is 71.0 Å². The molecule has 23 heavy (non-hydrogen) atoms. The summed E-state index contributed by atoms with van der Waals surface area (Å²) in [6.45, 7) is 0.530. The quantitative estimate of drug-likeness (QED) is 0.928. The van der Waals surface area contributed by atoms with Crippen LogP contribution in [-0.2, 0) is 6.54 Å². The Labute approximate surface area is 140 Å². The SMILES string of the molecule is CN(Cc1ccncc1)C(=O)Nc1nnc(C2CCCCC2)s1. The van der Waals surface area contributed by atoms with Gasteiger partial charge in [0.15, 0.2) is 0 Å². The zero-order valence-corrected chi connectivity index (χ0v) is 14.1. The van der Waals surface area contributed by atoms with Crippen LogP contribution in [0.5, 0.6) is 0 Å². The number of nitrogens with one attached hydrogen (secondary N) is 1. The Morgan fingerprint density at radius 1 is 1.26 bits per heavy atom. The minimum atomic E-state index is -0.173. The van der Waals surface area contributed by atoms with E-state index in [0.29, 0.717) is 17.6 Å². The standard InChI is InChI=1S/C16H21N5OS/c1-21(11-12-7-9-17-10-8-12)16(22)18-15-20-19-14(23-15)13-5-3-2-4-6-13/h7-10,13H,2-6,11H2,1H3,(H,18,20,22). The number of nitrogens with zero attached hydrogens (tertiary/aromatic N) is 4. The molecule has 1 fully saturated rings. The van der Waals surface area contributed by atoms with Crippen LogP contribution in [0.1, 0.15) is 48.6 Å². The number of carbonyl (C=O) groups is 1. The van der Waals surface area contributed by atoms with Crippen molar-refractivity contribution in [2.24, 2.45) is 0 Å². The first-order valence-electron chi connectivity index (χ1n) is 7.97. The predicted octanol–water partition coefficient (Wildman–Crippen LogP) is 3.64. The molecule has 122 valence electrons. The third-order valence-corrected chi connectivity index (χ3v) is 5.13. The lowest BCUT2D eigenvalue weighted by atomic mass is 9.90. The monoisotopic (exact) mass is 331 g/mol. The second-order valence-electron chi connectivity index (χ2n) is 5.92. The van der Waals surface area contributed by atoms with Crippen LogP contribution in [0.3, 0.4) is 0 Å². The van der Waals surface area contributed by atoms with Crippen molar-refractivity contribution < 1.29 is 4.79 Å². The second kappa shape index (κ2) is 7.50. The largest absolute Gasteiger partial charge is 0.323 e. The van der Waals surface area contributed by atoms with Gasteiger partial charge in [0.1, 0.15) is 5.01 Å². The van der Waals surface area contributed by atoms with E-state index >= 15 is 0 Å². The number of urea groups is 1. The molecule has 6 nitrogen and oxygen atoms in total. The van der Waals surface area contributed by atoms with Crippen LogP contribution in [-0.4, -0.2) is 33.2 Å². The van der Waals surface area contributed by atoms with Gasteiger partial charge in [0.25, 0.3) is 0 Å². The van der Waals surface area contributed by atoms with E-state index in [9.17, 15) is 4.79 Å². The van der Waals surface area contributed by atoms with Crippen LogP contribution in [0.25, 0.3) is 0 Å². The summed E-state index contributed by atoms with van der Waals surface area (Å²) >= 11 is 1.50. The summed E-state index contributed by atoms with van der Waals surface area (Å²) in [5.74, 6) is 0.515. The number of carbonyl (C=O) groups excluding carboxylic acids is 1. The maximum absolute atomic E-state index is 12.2. The highest BCUT2D eigenvalue weighted by molar-refractivity contribution is 7.15. The van der Waals surface area contributed by atoms with Crippen molar-refractivity contribution in [1.29, 1.82) is 0 Å². The summed E-state index contributed by atoms with van der Waals surface area (Å²) in [4.78, 5) is 17.8. The molecule has 1 aliphatic rings. The Hall–Kier alpha value is -2.02. The minimum Gasteiger partial charge on any atom is -0.323 e. The van der Waals surface area contributed by atoms with Gasteiger partial charge in [-0.2, -0.15) is 0 Å². The lowest BCUT2D eigenvalue weighted by Crippen LogP contribution is -2.30. The predicted molar refractivity (Wildman–Crippen MR) is 90.5 cm³/mol. The van der Waals surface area contributed by atoms with Gasteiger partial charge in [-0.1, -0.05) is 30.6 Å². The highest BCUT2D eigenvalue weighted by Gasteiger charge is 2.20. The van der Waals surface area contributed by atoms with Crippen molar-refractivity contribution in [2.45, 2.75) is 44.6 Å². The molecule has 2 amide bonds. The summed E-state index contributed by atoms with van der Waals surface area (Å²) in [6, 6.07) is 3.62. The third-order valence-electron chi connectivity index (χ3n) is 4.12. The Bertz CT molecular complexity index is 639. The van der Waals surface area contributed by atoms with Crippen LogP contribution in [0.2, 0.25) is 0 Å². The van der Waals surface area contributed by atoms with Crippen molar-refractivity contribution in [3.8, 4) is 0 Å². The molecule has 0 aromatic carbocycles. The van der Waals surface area contributed by atoms with E-state index in [1.165, 1.54) is 43.4 Å². The number of aromatic nitrogens is 3. The Morgan fingerprint density at radius 2 is 2.00 bits per heavy atom. The van der Waals surface area contributed by atoms with Crippen molar-refractivity contribution in [1.82, 2.24) is 20.1 Å². The Balaban J connectivity index is 1.56. The number of rotatable bonds is 4. The van der Waals surface area contributed by atoms with Crippen LogP contribution in [0, 0.1) is 0 Å². The normalized spacial score (nSPS) is 15.3. The molecule has 2 heterocycles. The fraction of sp³-hybridized carbons (Fsp3) is 0.500. The average Bonchev–Trinajstić information content (AvgIpc) is 3.05. The van der Waals surface area contributed by atoms with Gasteiger partial charge in [0.05, 0.1) is 0 Å². The molecule has 1 N–H and O–H groups in total. The van der Waals surface area contributed by atoms with Crippen LogP contribution in [0.4, 0.5) is 9.93 Å². The second-order valence-corrected chi connectivity index (χ2v) is 6.93. The van der Waals surface area contributed by atoms with Gasteiger partial charge in [-0.05, 0) is 30.5 Å². The lowest BCUT2D eigenvalue weighted by molar-refractivity contribution is 0.220. The van der Waals surface area contributed by atoms with Crippen LogP contribution in [0.15, 0.2) is 24.5 Å². The summed E-state index contributed by atoms with van der Waals surface area (Å²) in [5, 5.41) is 12.9. The average molecular weight is 331 g/mol. The van der Waals surface area contributed by atoms with Crippen molar-refractivity contribution in [3.63, 3.8) is 0 Å². The zero-order valence-electron chi connectivity index (χ0n) is 13.2. The molecular weight excluding hydrogens is 310 g/mol. The molecule has 1 saturated carbocycles. The number of anilines is 1. The number of amides is 2. The fourth-order valence-electron chi connectivity index (χ4n) is 2.82. The maximum atomic E-state index is 12.2. The molecule has 0 radical (unpaired) electrons. The molecule has 1 aliphatic carbocycles. The molecule has 2 aromatic rings. The molecular formula is C16H21N5OS. The van der Waals surface area contributed by atoms with E-state index in [0.717, 1.165) is 10.6 Å². The van der Waals surface area contributed by atoms with E-state index < -0.39 is 0 Å². The van der Waals surface area contributed by atoms with Gasteiger partial charge < -0.3 is 4.90 Å². The first-order valence-corrected chi connectivity index (χ1v) is 8.78. The molecule has 3 rings (SSSR count). The van der Waals surface area contributed by atoms with Gasteiger partial charge in [-0.15, -0.1) is 10.2 Å². The first kappa shape index (κ1) is 15.9. The van der Waals surface area contributed by atoms with E-state index in [1.54, 1.807) is 24.3 Å². The third kappa shape index (κ3) is 4.25.